The molecule has 0 unspecified atom stereocenters. The zero-order valence-corrected chi connectivity index (χ0v) is 15.2. The molecule has 0 saturated carbocycles. The van der Waals surface area contributed by atoms with Crippen molar-refractivity contribution in [3.8, 4) is 0 Å². The van der Waals surface area contributed by atoms with Crippen LogP contribution >= 0.6 is 22.4 Å². The van der Waals surface area contributed by atoms with E-state index in [4.69, 9.17) is 11.6 Å². The summed E-state index contributed by atoms with van der Waals surface area (Å²) >= 11 is 5.92. The second-order valence-electron chi connectivity index (χ2n) is 3.35. The smallest absolute Gasteiger partial charge is 0.739 e. The van der Waals surface area contributed by atoms with Gasteiger partial charge >= 0.3 is 35.5 Å². The van der Waals surface area contributed by atoms with Crippen molar-refractivity contribution in [2.75, 3.05) is 12.9 Å². The first-order valence-corrected chi connectivity index (χ1v) is 8.26. The number of ether oxygens (including phenoxy) is 1. The molecular weight excluding hydrogens is 335 g/mol. The molecule has 0 aromatic heterocycles. The van der Waals surface area contributed by atoms with E-state index in [0.717, 1.165) is 0 Å². The number of hydrogen-bond donors (Lipinski definition) is 0. The van der Waals surface area contributed by atoms with Gasteiger partial charge in [0.2, 0.25) is 0 Å². The number of benzene rings is 1. The molecule has 0 atom stereocenters. The largest absolute Gasteiger partial charge is 1.00 e. The SMILES string of the molecule is COC(=O)/C(=C/c1ccccc1Cl)CSS(=O)(=O)[O-].[Na+]. The van der Waals surface area contributed by atoms with Gasteiger partial charge in [-0.25, -0.2) is 13.2 Å². The quantitative estimate of drug-likeness (QED) is 0.226. The summed E-state index contributed by atoms with van der Waals surface area (Å²) in [7, 11) is -3.20. The van der Waals surface area contributed by atoms with Gasteiger partial charge < -0.3 is 9.29 Å². The second-order valence-corrected chi connectivity index (χ2v) is 7.03. The van der Waals surface area contributed by atoms with Crippen LogP contribution < -0.4 is 29.6 Å². The van der Waals surface area contributed by atoms with Gasteiger partial charge in [-0.2, -0.15) is 0 Å². The van der Waals surface area contributed by atoms with Crippen LogP contribution in [-0.4, -0.2) is 31.8 Å². The molecule has 0 fully saturated rings. The molecule has 0 aliphatic heterocycles. The van der Waals surface area contributed by atoms with E-state index in [9.17, 15) is 17.8 Å². The summed E-state index contributed by atoms with van der Waals surface area (Å²) in [5.41, 5.74) is 0.577. The van der Waals surface area contributed by atoms with E-state index in [2.05, 4.69) is 4.74 Å². The average molecular weight is 345 g/mol. The summed E-state index contributed by atoms with van der Waals surface area (Å²) in [4.78, 5) is 11.5. The van der Waals surface area contributed by atoms with Crippen molar-refractivity contribution in [3.63, 3.8) is 0 Å². The van der Waals surface area contributed by atoms with Gasteiger partial charge in [-0.05, 0) is 28.5 Å². The molecule has 0 heterocycles. The molecule has 1 aromatic rings. The van der Waals surface area contributed by atoms with Crippen LogP contribution in [0.15, 0.2) is 29.8 Å². The van der Waals surface area contributed by atoms with Gasteiger partial charge in [0, 0.05) is 16.3 Å². The molecule has 0 amide bonds. The molecule has 0 aliphatic carbocycles. The first kappa shape index (κ1) is 20.0. The fourth-order valence-electron chi connectivity index (χ4n) is 1.21. The Morgan fingerprint density at radius 3 is 2.55 bits per heavy atom. The Morgan fingerprint density at radius 1 is 1.45 bits per heavy atom. The van der Waals surface area contributed by atoms with Crippen molar-refractivity contribution in [1.82, 2.24) is 0 Å². The van der Waals surface area contributed by atoms with E-state index in [1.54, 1.807) is 24.3 Å². The van der Waals surface area contributed by atoms with Crippen LogP contribution in [0.1, 0.15) is 5.56 Å². The van der Waals surface area contributed by atoms with E-state index in [1.807, 2.05) is 0 Å². The Hall–Kier alpha value is -0.0200. The molecule has 0 radical (unpaired) electrons. The molecule has 0 spiro atoms. The first-order valence-electron chi connectivity index (χ1n) is 4.97. The van der Waals surface area contributed by atoms with Gasteiger partial charge in [-0.1, -0.05) is 29.8 Å². The van der Waals surface area contributed by atoms with Gasteiger partial charge in [-0.3, -0.25) is 0 Å². The Balaban J connectivity index is 0.00000361. The molecule has 1 rings (SSSR count). The third kappa shape index (κ3) is 7.12. The number of hydrogen-bond acceptors (Lipinski definition) is 6. The predicted octanol–water partition coefficient (Wildman–Crippen LogP) is -0.906. The van der Waals surface area contributed by atoms with Crippen LogP contribution in [0.4, 0.5) is 0 Å². The van der Waals surface area contributed by atoms with Crippen molar-refractivity contribution in [2.45, 2.75) is 0 Å². The Morgan fingerprint density at radius 2 is 2.05 bits per heavy atom. The van der Waals surface area contributed by atoms with Crippen LogP contribution in [0.5, 0.6) is 0 Å². The minimum atomic E-state index is -4.48. The monoisotopic (exact) mass is 344 g/mol. The summed E-state index contributed by atoms with van der Waals surface area (Å²) < 4.78 is 36.2. The minimum Gasteiger partial charge on any atom is -0.739 e. The molecule has 20 heavy (non-hydrogen) atoms. The Kier molecular flexibility index (Phi) is 9.08. The van der Waals surface area contributed by atoms with Gasteiger partial charge in [0.25, 0.3) is 0 Å². The fourth-order valence-corrected chi connectivity index (χ4v) is 2.68. The van der Waals surface area contributed by atoms with Crippen LogP contribution in [0.25, 0.3) is 6.08 Å². The van der Waals surface area contributed by atoms with Crippen LogP contribution in [-0.2, 0) is 18.7 Å². The molecule has 5 nitrogen and oxygen atoms in total. The predicted molar refractivity (Wildman–Crippen MR) is 73.6 cm³/mol. The van der Waals surface area contributed by atoms with Crippen LogP contribution in [0.2, 0.25) is 5.02 Å². The molecule has 1 aromatic carbocycles. The van der Waals surface area contributed by atoms with Crippen molar-refractivity contribution in [2.24, 2.45) is 0 Å². The van der Waals surface area contributed by atoms with Gasteiger partial charge in [-0.15, -0.1) is 0 Å². The fraction of sp³-hybridized carbons (Fsp3) is 0.182. The Bertz CT molecular complexity index is 601. The third-order valence-electron chi connectivity index (χ3n) is 2.04. The van der Waals surface area contributed by atoms with Gasteiger partial charge in [0.1, 0.15) is 9.15 Å². The topological polar surface area (TPSA) is 83.5 Å². The van der Waals surface area contributed by atoms with E-state index in [1.165, 1.54) is 13.2 Å². The molecular formula is C11H10ClNaO5S2. The first-order chi connectivity index (χ1) is 8.83. The van der Waals surface area contributed by atoms with E-state index in [0.29, 0.717) is 10.6 Å². The summed E-state index contributed by atoms with van der Waals surface area (Å²) in [6, 6.07) is 6.71. The van der Waals surface area contributed by atoms with Crippen molar-refractivity contribution < 1.29 is 52.1 Å². The number of esters is 1. The van der Waals surface area contributed by atoms with Crippen molar-refractivity contribution >= 4 is 43.6 Å². The van der Waals surface area contributed by atoms with E-state index < -0.39 is 15.1 Å². The zero-order valence-electron chi connectivity index (χ0n) is 10.8. The summed E-state index contributed by atoms with van der Waals surface area (Å²) in [5, 5.41) is 0.402. The standard InChI is InChI=1S/C11H11ClO5S2.Na/c1-17-11(13)9(7-18-19(14,15)16)6-8-4-2-3-5-10(8)12;/h2-6H,7H2,1H3,(H,14,15,16);/q;+1/p-1/b9-6+;. The van der Waals surface area contributed by atoms with Crippen LogP contribution in [0.3, 0.4) is 0 Å². The van der Waals surface area contributed by atoms with Gasteiger partial charge in [0.05, 0.1) is 7.11 Å². The third-order valence-corrected chi connectivity index (χ3v) is 4.32. The zero-order chi connectivity index (χ0) is 14.5. The average Bonchev–Trinajstić information content (AvgIpc) is 2.34. The maximum Gasteiger partial charge on any atom is 1.00 e. The molecule has 9 heteroatoms. The minimum absolute atomic E-state index is 0. The molecule has 0 saturated heterocycles. The van der Waals surface area contributed by atoms with Crippen molar-refractivity contribution in [1.29, 1.82) is 0 Å². The van der Waals surface area contributed by atoms with E-state index >= 15 is 0 Å². The molecule has 0 aliphatic rings. The summed E-state index contributed by atoms with van der Waals surface area (Å²) in [6.45, 7) is 0. The van der Waals surface area contributed by atoms with Crippen molar-refractivity contribution in [3.05, 3.63) is 40.4 Å². The number of carbonyl (C=O) groups is 1. The van der Waals surface area contributed by atoms with Crippen LogP contribution in [0, 0.1) is 0 Å². The number of carbonyl (C=O) groups excluding carboxylic acids is 1. The normalized spacial score (nSPS) is 11.7. The Labute approximate surface area is 148 Å². The maximum atomic E-state index is 11.5. The van der Waals surface area contributed by atoms with E-state index in [-0.39, 0.29) is 51.7 Å². The second kappa shape index (κ2) is 9.09. The molecule has 104 valence electrons. The summed E-state index contributed by atoms with van der Waals surface area (Å²) in [6.07, 6.45) is 1.40. The number of rotatable bonds is 5. The molecule has 0 bridgehead atoms. The van der Waals surface area contributed by atoms with Gasteiger partial charge in [0.15, 0.2) is 0 Å². The maximum absolute atomic E-state index is 11.5. The number of halogens is 1. The summed E-state index contributed by atoms with van der Waals surface area (Å²) in [5.74, 6) is -1.01. The molecule has 0 N–H and O–H groups in total. The number of methoxy groups -OCH3 is 1.